The molecule has 1 aromatic heterocycles. The molecule has 0 aliphatic rings. The van der Waals surface area contributed by atoms with Gasteiger partial charge in [0, 0.05) is 0 Å². The second kappa shape index (κ2) is 9.39. The van der Waals surface area contributed by atoms with Crippen LogP contribution in [-0.4, -0.2) is 30.9 Å². The van der Waals surface area contributed by atoms with E-state index in [1.54, 1.807) is 12.3 Å². The van der Waals surface area contributed by atoms with Crippen molar-refractivity contribution in [2.24, 2.45) is 5.10 Å². The molecule has 0 bridgehead atoms. The lowest BCUT2D eigenvalue weighted by Crippen LogP contribution is -2.01. The van der Waals surface area contributed by atoms with Gasteiger partial charge in [0.2, 0.25) is 5.13 Å². The summed E-state index contributed by atoms with van der Waals surface area (Å²) in [5, 5.41) is 5.21. The summed E-state index contributed by atoms with van der Waals surface area (Å²) in [4.78, 5) is 16.5. The van der Waals surface area contributed by atoms with Gasteiger partial charge in [0.05, 0.1) is 30.6 Å². The topological polar surface area (TPSA) is 72.8 Å². The predicted octanol–water partition coefficient (Wildman–Crippen LogP) is 4.38. The van der Waals surface area contributed by atoms with Gasteiger partial charge in [-0.3, -0.25) is 5.43 Å². The van der Waals surface area contributed by atoms with Crippen molar-refractivity contribution in [2.45, 2.75) is 26.7 Å². The molecule has 0 saturated heterocycles. The van der Waals surface area contributed by atoms with Crippen LogP contribution in [-0.2, 0) is 11.2 Å². The maximum atomic E-state index is 11.7. The zero-order valence-corrected chi connectivity index (χ0v) is 15.9. The van der Waals surface area contributed by atoms with Crippen molar-refractivity contribution in [1.82, 2.24) is 4.98 Å². The number of anilines is 1. The molecule has 0 spiro atoms. The van der Waals surface area contributed by atoms with Gasteiger partial charge >= 0.3 is 5.97 Å². The van der Waals surface area contributed by atoms with Crippen LogP contribution in [0.15, 0.2) is 23.3 Å². The summed E-state index contributed by atoms with van der Waals surface area (Å²) in [5.41, 5.74) is 4.34. The normalized spacial score (nSPS) is 10.9. The molecule has 0 amide bonds. The van der Waals surface area contributed by atoms with E-state index >= 15 is 0 Å². The molecule has 8 heteroatoms. The SMILES string of the molecule is CCCOc1ccc(/C=N\Nc2nc(CC)c(C(=O)OC)s2)cc1Cl. The van der Waals surface area contributed by atoms with Crippen LogP contribution in [0.25, 0.3) is 0 Å². The van der Waals surface area contributed by atoms with E-state index in [0.29, 0.717) is 39.5 Å². The lowest BCUT2D eigenvalue weighted by molar-refractivity contribution is 0.0605. The summed E-state index contributed by atoms with van der Waals surface area (Å²) in [5.74, 6) is 0.268. The summed E-state index contributed by atoms with van der Waals surface area (Å²) in [7, 11) is 1.35. The largest absolute Gasteiger partial charge is 0.492 e. The van der Waals surface area contributed by atoms with Crippen LogP contribution < -0.4 is 10.2 Å². The lowest BCUT2D eigenvalue weighted by Gasteiger charge is -2.06. The first kappa shape index (κ1) is 19.2. The highest BCUT2D eigenvalue weighted by Gasteiger charge is 2.17. The van der Waals surface area contributed by atoms with Crippen LogP contribution in [0.2, 0.25) is 5.02 Å². The van der Waals surface area contributed by atoms with Crippen LogP contribution in [0.4, 0.5) is 5.13 Å². The number of hydrogen-bond donors (Lipinski definition) is 1. The molecule has 2 aromatic rings. The van der Waals surface area contributed by atoms with Gasteiger partial charge in [0.15, 0.2) is 0 Å². The average molecular weight is 382 g/mol. The molecule has 25 heavy (non-hydrogen) atoms. The first-order chi connectivity index (χ1) is 12.1. The standard InChI is InChI=1S/C17H20ClN3O3S/c1-4-8-24-14-7-6-11(9-12(14)18)10-19-21-17-20-13(5-2)15(25-17)16(22)23-3/h6-7,9-10H,4-5,8H2,1-3H3,(H,20,21)/b19-10-. The van der Waals surface area contributed by atoms with Gasteiger partial charge in [-0.1, -0.05) is 36.8 Å². The Morgan fingerprint density at radius 1 is 1.44 bits per heavy atom. The maximum absolute atomic E-state index is 11.7. The summed E-state index contributed by atoms with van der Waals surface area (Å²) >= 11 is 7.40. The number of carbonyl (C=O) groups is 1. The number of ether oxygens (including phenoxy) is 2. The van der Waals surface area contributed by atoms with Crippen molar-refractivity contribution in [3.05, 3.63) is 39.4 Å². The Balaban J connectivity index is 2.04. The molecular formula is C17H20ClN3O3S. The second-order valence-electron chi connectivity index (χ2n) is 5.05. The molecule has 2 rings (SSSR count). The van der Waals surface area contributed by atoms with Crippen LogP contribution in [0.3, 0.4) is 0 Å². The van der Waals surface area contributed by atoms with E-state index in [-0.39, 0.29) is 5.97 Å². The zero-order chi connectivity index (χ0) is 18.2. The molecule has 134 valence electrons. The number of aromatic nitrogens is 1. The fraction of sp³-hybridized carbons (Fsp3) is 0.353. The van der Waals surface area contributed by atoms with Crippen molar-refractivity contribution >= 4 is 40.3 Å². The molecule has 0 fully saturated rings. The molecular weight excluding hydrogens is 362 g/mol. The van der Waals surface area contributed by atoms with Crippen molar-refractivity contribution in [2.75, 3.05) is 19.1 Å². The lowest BCUT2D eigenvalue weighted by atomic mass is 10.2. The quantitative estimate of drug-likeness (QED) is 0.417. The Morgan fingerprint density at radius 2 is 2.24 bits per heavy atom. The van der Waals surface area contributed by atoms with E-state index in [0.717, 1.165) is 12.0 Å². The Labute approximate surface area is 155 Å². The van der Waals surface area contributed by atoms with E-state index < -0.39 is 0 Å². The molecule has 0 aliphatic carbocycles. The molecule has 0 atom stereocenters. The monoisotopic (exact) mass is 381 g/mol. The van der Waals surface area contributed by atoms with Crippen molar-refractivity contribution in [3.63, 3.8) is 0 Å². The minimum atomic E-state index is -0.388. The highest BCUT2D eigenvalue weighted by Crippen LogP contribution is 2.26. The number of rotatable bonds is 8. The third-order valence-electron chi connectivity index (χ3n) is 3.19. The van der Waals surface area contributed by atoms with Crippen molar-refractivity contribution in [1.29, 1.82) is 0 Å². The fourth-order valence-electron chi connectivity index (χ4n) is 1.98. The Morgan fingerprint density at radius 3 is 2.88 bits per heavy atom. The summed E-state index contributed by atoms with van der Waals surface area (Å²) in [6.07, 6.45) is 3.19. The molecule has 1 aromatic carbocycles. The van der Waals surface area contributed by atoms with E-state index in [1.165, 1.54) is 18.4 Å². The van der Waals surface area contributed by atoms with Gasteiger partial charge in [0.1, 0.15) is 10.6 Å². The summed E-state index contributed by atoms with van der Waals surface area (Å²) < 4.78 is 10.3. The van der Waals surface area contributed by atoms with E-state index in [4.69, 9.17) is 21.1 Å². The van der Waals surface area contributed by atoms with Crippen LogP contribution in [0.1, 0.15) is 41.2 Å². The third kappa shape index (κ3) is 5.17. The zero-order valence-electron chi connectivity index (χ0n) is 14.3. The predicted molar refractivity (Wildman–Crippen MR) is 101 cm³/mol. The minimum Gasteiger partial charge on any atom is -0.492 e. The number of nitrogens with zero attached hydrogens (tertiary/aromatic N) is 2. The third-order valence-corrected chi connectivity index (χ3v) is 4.47. The average Bonchev–Trinajstić information content (AvgIpc) is 3.03. The van der Waals surface area contributed by atoms with Crippen LogP contribution >= 0.6 is 22.9 Å². The van der Waals surface area contributed by atoms with Crippen molar-refractivity contribution < 1.29 is 14.3 Å². The number of aryl methyl sites for hydroxylation is 1. The van der Waals surface area contributed by atoms with E-state index in [1.807, 2.05) is 26.0 Å². The molecule has 6 nitrogen and oxygen atoms in total. The molecule has 0 unspecified atom stereocenters. The molecule has 0 aliphatic heterocycles. The van der Waals surface area contributed by atoms with Gasteiger partial charge in [-0.15, -0.1) is 0 Å². The fourth-order valence-corrected chi connectivity index (χ4v) is 3.15. The van der Waals surface area contributed by atoms with Crippen LogP contribution in [0.5, 0.6) is 5.75 Å². The highest BCUT2D eigenvalue weighted by molar-refractivity contribution is 7.17. The van der Waals surface area contributed by atoms with Gasteiger partial charge < -0.3 is 9.47 Å². The number of benzene rings is 1. The number of esters is 1. The number of thiazole rings is 1. The number of nitrogens with one attached hydrogen (secondary N) is 1. The molecule has 1 N–H and O–H groups in total. The Hall–Kier alpha value is -2.12. The number of methoxy groups -OCH3 is 1. The minimum absolute atomic E-state index is 0.388. The Kier molecular flexibility index (Phi) is 7.21. The number of hydrogen-bond acceptors (Lipinski definition) is 7. The van der Waals surface area contributed by atoms with E-state index in [9.17, 15) is 4.79 Å². The van der Waals surface area contributed by atoms with Crippen molar-refractivity contribution in [3.8, 4) is 5.75 Å². The number of halogens is 1. The van der Waals surface area contributed by atoms with Gasteiger partial charge in [0.25, 0.3) is 0 Å². The molecule has 0 radical (unpaired) electrons. The van der Waals surface area contributed by atoms with Gasteiger partial charge in [-0.2, -0.15) is 5.10 Å². The van der Waals surface area contributed by atoms with E-state index in [2.05, 4.69) is 15.5 Å². The maximum Gasteiger partial charge on any atom is 0.350 e. The number of hydrazone groups is 1. The van der Waals surface area contributed by atoms with Gasteiger partial charge in [-0.05, 0) is 36.6 Å². The Bertz CT molecular complexity index is 762. The molecule has 0 saturated carbocycles. The summed E-state index contributed by atoms with van der Waals surface area (Å²) in [6.45, 7) is 4.59. The molecule has 1 heterocycles. The summed E-state index contributed by atoms with van der Waals surface area (Å²) in [6, 6.07) is 5.45. The highest BCUT2D eigenvalue weighted by atomic mass is 35.5. The first-order valence-electron chi connectivity index (χ1n) is 7.88. The second-order valence-corrected chi connectivity index (χ2v) is 6.45. The van der Waals surface area contributed by atoms with Gasteiger partial charge in [-0.25, -0.2) is 9.78 Å². The first-order valence-corrected chi connectivity index (χ1v) is 9.07. The number of carbonyl (C=O) groups excluding carboxylic acids is 1. The van der Waals surface area contributed by atoms with Crippen LogP contribution in [0, 0.1) is 0 Å². The smallest absolute Gasteiger partial charge is 0.350 e.